The Morgan fingerprint density at radius 3 is 2.54 bits per heavy atom. The second kappa shape index (κ2) is 10.1. The Labute approximate surface area is 207 Å². The van der Waals surface area contributed by atoms with Crippen LogP contribution >= 0.6 is 12.2 Å². The number of benzene rings is 2. The van der Waals surface area contributed by atoms with Gasteiger partial charge in [-0.15, -0.1) is 0 Å². The van der Waals surface area contributed by atoms with E-state index in [0.717, 1.165) is 30.0 Å². The van der Waals surface area contributed by atoms with E-state index in [1.807, 2.05) is 48.5 Å². The van der Waals surface area contributed by atoms with E-state index >= 15 is 0 Å². The number of hydrogen-bond acceptors (Lipinski definition) is 7. The lowest BCUT2D eigenvalue weighted by atomic mass is 10.0. The molecule has 8 nitrogen and oxygen atoms in total. The van der Waals surface area contributed by atoms with Gasteiger partial charge in [0.1, 0.15) is 17.2 Å². The van der Waals surface area contributed by atoms with Crippen LogP contribution in [-0.2, 0) is 4.74 Å². The number of ether oxygens (including phenoxy) is 2. The molecule has 35 heavy (non-hydrogen) atoms. The molecule has 1 aliphatic heterocycles. The third-order valence-corrected chi connectivity index (χ3v) is 5.94. The van der Waals surface area contributed by atoms with Crippen molar-refractivity contribution in [3.05, 3.63) is 77.3 Å². The van der Waals surface area contributed by atoms with Crippen molar-refractivity contribution in [3.63, 3.8) is 0 Å². The van der Waals surface area contributed by atoms with Gasteiger partial charge in [0.05, 0.1) is 37.8 Å². The Morgan fingerprint density at radius 2 is 1.77 bits per heavy atom. The molecular formula is C26H24N4O4S. The Balaban J connectivity index is 1.30. The largest absolute Gasteiger partial charge is 0.496 e. The molecule has 2 aromatic carbocycles. The lowest BCUT2D eigenvalue weighted by Gasteiger charge is -2.27. The maximum absolute atomic E-state index is 12.6. The van der Waals surface area contributed by atoms with Crippen LogP contribution in [0.15, 0.2) is 76.1 Å². The van der Waals surface area contributed by atoms with Gasteiger partial charge in [0.25, 0.3) is 0 Å². The minimum Gasteiger partial charge on any atom is -0.496 e. The van der Waals surface area contributed by atoms with E-state index in [4.69, 9.17) is 26.1 Å². The van der Waals surface area contributed by atoms with E-state index in [9.17, 15) is 4.79 Å². The second-order valence-electron chi connectivity index (χ2n) is 7.98. The Bertz CT molecular complexity index is 1420. The first-order chi connectivity index (χ1) is 17.1. The number of nitrogens with zero attached hydrogens (tertiary/aromatic N) is 2. The number of para-hydroxylation sites is 1. The lowest BCUT2D eigenvalue weighted by molar-refractivity contribution is 0.122. The molecule has 1 aliphatic rings. The number of anilines is 3. The fourth-order valence-electron chi connectivity index (χ4n) is 3.97. The molecule has 2 aromatic heterocycles. The van der Waals surface area contributed by atoms with Gasteiger partial charge in [0.2, 0.25) is 0 Å². The number of nitrogens with one attached hydrogen (secondary N) is 2. The minimum atomic E-state index is -0.423. The first-order valence-corrected chi connectivity index (χ1v) is 11.6. The summed E-state index contributed by atoms with van der Waals surface area (Å²) < 4.78 is 16.4. The molecule has 2 N–H and O–H groups in total. The van der Waals surface area contributed by atoms with Gasteiger partial charge < -0.3 is 29.4 Å². The third-order valence-electron chi connectivity index (χ3n) is 5.73. The molecule has 0 amide bonds. The summed E-state index contributed by atoms with van der Waals surface area (Å²) in [6.07, 6.45) is 1.75. The minimum absolute atomic E-state index is 0.408. The monoisotopic (exact) mass is 488 g/mol. The summed E-state index contributed by atoms with van der Waals surface area (Å²) in [6.45, 7) is 3.09. The van der Waals surface area contributed by atoms with Crippen molar-refractivity contribution in [2.75, 3.05) is 48.9 Å². The highest BCUT2D eigenvalue weighted by Crippen LogP contribution is 2.32. The predicted octanol–water partition coefficient (Wildman–Crippen LogP) is 4.51. The average Bonchev–Trinajstić information content (AvgIpc) is 2.89. The molecule has 3 heterocycles. The van der Waals surface area contributed by atoms with Gasteiger partial charge >= 0.3 is 5.63 Å². The Kier molecular flexibility index (Phi) is 6.60. The van der Waals surface area contributed by atoms with E-state index < -0.39 is 5.63 Å². The highest BCUT2D eigenvalue weighted by atomic mass is 32.1. The summed E-state index contributed by atoms with van der Waals surface area (Å²) >= 11 is 5.47. The van der Waals surface area contributed by atoms with Crippen LogP contribution in [0.1, 0.15) is 0 Å². The summed E-state index contributed by atoms with van der Waals surface area (Å²) in [5.41, 5.74) is 2.68. The molecule has 0 bridgehead atoms. The van der Waals surface area contributed by atoms with Crippen LogP contribution < -0.4 is 25.9 Å². The van der Waals surface area contributed by atoms with Crippen molar-refractivity contribution in [1.29, 1.82) is 0 Å². The van der Waals surface area contributed by atoms with Crippen LogP contribution in [0.3, 0.4) is 0 Å². The summed E-state index contributed by atoms with van der Waals surface area (Å²) in [4.78, 5) is 19.3. The van der Waals surface area contributed by atoms with E-state index in [1.165, 1.54) is 0 Å². The second-order valence-corrected chi connectivity index (χ2v) is 8.39. The van der Waals surface area contributed by atoms with Crippen molar-refractivity contribution in [2.24, 2.45) is 0 Å². The number of morpholine rings is 1. The molecule has 9 heteroatoms. The highest BCUT2D eigenvalue weighted by Gasteiger charge is 2.15. The highest BCUT2D eigenvalue weighted by molar-refractivity contribution is 7.80. The van der Waals surface area contributed by atoms with Crippen LogP contribution in [0.2, 0.25) is 0 Å². The van der Waals surface area contributed by atoms with Gasteiger partial charge in [0, 0.05) is 35.8 Å². The van der Waals surface area contributed by atoms with Crippen molar-refractivity contribution < 1.29 is 13.9 Å². The average molecular weight is 489 g/mol. The molecule has 0 aliphatic carbocycles. The zero-order valence-corrected chi connectivity index (χ0v) is 19.9. The van der Waals surface area contributed by atoms with Crippen LogP contribution in [0.4, 0.5) is 17.2 Å². The first-order valence-electron chi connectivity index (χ1n) is 11.2. The SMILES string of the molecule is COc1cc(NC(=S)Nc2ccc(N3CCOCC3)nc2)ccc1-c1cc2ccccc2oc1=O. The number of thiocarbonyl (C=S) groups is 1. The van der Waals surface area contributed by atoms with Crippen molar-refractivity contribution in [3.8, 4) is 16.9 Å². The van der Waals surface area contributed by atoms with Crippen LogP contribution in [0.5, 0.6) is 5.75 Å². The van der Waals surface area contributed by atoms with Crippen molar-refractivity contribution >= 4 is 45.5 Å². The van der Waals surface area contributed by atoms with Crippen LogP contribution in [0, 0.1) is 0 Å². The Morgan fingerprint density at radius 1 is 1.00 bits per heavy atom. The summed E-state index contributed by atoms with van der Waals surface area (Å²) in [5.74, 6) is 1.44. The predicted molar refractivity (Wildman–Crippen MR) is 142 cm³/mol. The zero-order valence-electron chi connectivity index (χ0n) is 19.1. The van der Waals surface area contributed by atoms with E-state index in [1.54, 1.807) is 25.4 Å². The molecular weight excluding hydrogens is 464 g/mol. The van der Waals surface area contributed by atoms with Gasteiger partial charge in [-0.3, -0.25) is 0 Å². The summed E-state index contributed by atoms with van der Waals surface area (Å²) in [6, 6.07) is 18.5. The molecule has 0 radical (unpaired) electrons. The maximum atomic E-state index is 12.6. The summed E-state index contributed by atoms with van der Waals surface area (Å²) in [5, 5.41) is 7.54. The van der Waals surface area contributed by atoms with Crippen molar-refractivity contribution in [1.82, 2.24) is 4.98 Å². The fourth-order valence-corrected chi connectivity index (χ4v) is 4.21. The molecule has 5 rings (SSSR count). The fraction of sp³-hybridized carbons (Fsp3) is 0.192. The van der Waals surface area contributed by atoms with E-state index in [2.05, 4.69) is 20.5 Å². The summed E-state index contributed by atoms with van der Waals surface area (Å²) in [7, 11) is 1.56. The van der Waals surface area contributed by atoms with Gasteiger partial charge in [-0.2, -0.15) is 0 Å². The topological polar surface area (TPSA) is 88.9 Å². The van der Waals surface area contributed by atoms with E-state index in [-0.39, 0.29) is 0 Å². The van der Waals surface area contributed by atoms with Gasteiger partial charge in [-0.05, 0) is 48.6 Å². The molecule has 0 saturated carbocycles. The first kappa shape index (κ1) is 22.8. The van der Waals surface area contributed by atoms with Gasteiger partial charge in [0.15, 0.2) is 5.11 Å². The van der Waals surface area contributed by atoms with Crippen LogP contribution in [-0.4, -0.2) is 43.5 Å². The van der Waals surface area contributed by atoms with Crippen LogP contribution in [0.25, 0.3) is 22.1 Å². The number of pyridine rings is 1. The Hall–Kier alpha value is -3.95. The zero-order chi connectivity index (χ0) is 24.2. The quantitative estimate of drug-likeness (QED) is 0.311. The van der Waals surface area contributed by atoms with Crippen molar-refractivity contribution in [2.45, 2.75) is 0 Å². The molecule has 0 unspecified atom stereocenters. The number of methoxy groups -OCH3 is 1. The number of rotatable bonds is 5. The molecule has 1 fully saturated rings. The molecule has 0 atom stereocenters. The normalized spacial score (nSPS) is 13.5. The number of aromatic nitrogens is 1. The smallest absolute Gasteiger partial charge is 0.344 e. The standard InChI is InChI=1S/C26H24N4O4S/c1-32-23-15-18(6-8-20(23)21-14-17-4-2-3-5-22(17)34-25(21)31)28-26(35)29-19-7-9-24(27-16-19)30-10-12-33-13-11-30/h2-9,14-16H,10-13H2,1H3,(H2,28,29,35). The number of fused-ring (bicyclic) bond motifs is 1. The molecule has 178 valence electrons. The van der Waals surface area contributed by atoms with Gasteiger partial charge in [-0.1, -0.05) is 18.2 Å². The lowest BCUT2D eigenvalue weighted by Crippen LogP contribution is -2.36. The van der Waals surface area contributed by atoms with Gasteiger partial charge in [-0.25, -0.2) is 9.78 Å². The third kappa shape index (κ3) is 5.11. The molecule has 0 spiro atoms. The molecule has 1 saturated heterocycles. The molecule has 4 aromatic rings. The maximum Gasteiger partial charge on any atom is 0.344 e. The van der Waals surface area contributed by atoms with E-state index in [0.29, 0.717) is 46.5 Å². The number of hydrogen-bond donors (Lipinski definition) is 2.